The summed E-state index contributed by atoms with van der Waals surface area (Å²) in [6.45, 7) is 4.66. The number of H-pyrrole nitrogens is 1. The number of anilines is 1. The Kier molecular flexibility index (Phi) is 4.72. The molecule has 0 spiro atoms. The second kappa shape index (κ2) is 7.48. The molecular formula is C21H20N6O. The van der Waals surface area contributed by atoms with Crippen molar-refractivity contribution in [1.29, 1.82) is 0 Å². The molecule has 0 aliphatic heterocycles. The molecular weight excluding hydrogens is 352 g/mol. The normalized spacial score (nSPS) is 10.8. The number of rotatable bonds is 5. The van der Waals surface area contributed by atoms with Crippen LogP contribution in [-0.2, 0) is 6.54 Å². The summed E-state index contributed by atoms with van der Waals surface area (Å²) in [6.07, 6.45) is 1.60. The molecule has 0 bridgehead atoms. The van der Waals surface area contributed by atoms with Crippen molar-refractivity contribution >= 4 is 11.9 Å². The molecule has 0 aliphatic rings. The van der Waals surface area contributed by atoms with Gasteiger partial charge in [-0.05, 0) is 25.5 Å². The fourth-order valence-corrected chi connectivity index (χ4v) is 2.79. The van der Waals surface area contributed by atoms with Gasteiger partial charge in [-0.25, -0.2) is 9.67 Å². The van der Waals surface area contributed by atoms with Crippen LogP contribution >= 0.6 is 0 Å². The van der Waals surface area contributed by atoms with E-state index in [9.17, 15) is 4.79 Å². The molecule has 2 N–H and O–H groups in total. The number of carbonyl (C=O) groups excluding carboxylic acids is 1. The molecule has 0 aliphatic carbocycles. The molecule has 7 heteroatoms. The first-order valence-electron chi connectivity index (χ1n) is 8.95. The highest BCUT2D eigenvalue weighted by molar-refractivity contribution is 6.02. The average Bonchev–Trinajstić information content (AvgIpc) is 3.34. The zero-order valence-corrected chi connectivity index (χ0v) is 15.7. The van der Waals surface area contributed by atoms with Crippen molar-refractivity contribution in [2.45, 2.75) is 20.4 Å². The van der Waals surface area contributed by atoms with Crippen LogP contribution in [0.25, 0.3) is 11.3 Å². The van der Waals surface area contributed by atoms with Crippen molar-refractivity contribution < 1.29 is 4.79 Å². The molecule has 28 heavy (non-hydrogen) atoms. The average molecular weight is 372 g/mol. The summed E-state index contributed by atoms with van der Waals surface area (Å²) in [5, 5.41) is 14.0. The largest absolute Gasteiger partial charge is 0.288 e. The number of aryl methyl sites for hydroxylation is 2. The third kappa shape index (κ3) is 3.98. The molecule has 0 radical (unpaired) electrons. The van der Waals surface area contributed by atoms with Gasteiger partial charge in [0.05, 0.1) is 12.2 Å². The van der Waals surface area contributed by atoms with Gasteiger partial charge >= 0.3 is 0 Å². The fraction of sp³-hybridized carbons (Fsp3) is 0.143. The molecule has 1 amide bonds. The minimum atomic E-state index is -0.334. The number of amides is 1. The van der Waals surface area contributed by atoms with Gasteiger partial charge in [-0.15, -0.1) is 5.10 Å². The summed E-state index contributed by atoms with van der Waals surface area (Å²) < 4.78 is 1.69. The van der Waals surface area contributed by atoms with E-state index in [1.54, 1.807) is 17.1 Å². The number of hydrogen-bond acceptors (Lipinski definition) is 4. The zero-order chi connectivity index (χ0) is 19.5. The van der Waals surface area contributed by atoms with Crippen LogP contribution < -0.4 is 5.32 Å². The van der Waals surface area contributed by atoms with Gasteiger partial charge in [-0.3, -0.25) is 15.2 Å². The predicted octanol–water partition coefficient (Wildman–Crippen LogP) is 3.59. The van der Waals surface area contributed by atoms with Gasteiger partial charge in [0.25, 0.3) is 5.91 Å². The monoisotopic (exact) mass is 372 g/mol. The summed E-state index contributed by atoms with van der Waals surface area (Å²) >= 11 is 0. The summed E-state index contributed by atoms with van der Waals surface area (Å²) in [4.78, 5) is 16.6. The Labute approximate surface area is 162 Å². The number of carbonyl (C=O) groups is 1. The van der Waals surface area contributed by atoms with E-state index in [4.69, 9.17) is 0 Å². The van der Waals surface area contributed by atoms with Crippen LogP contribution in [0, 0.1) is 13.8 Å². The number of benzene rings is 2. The standard InChI is InChI=1S/C21H20N6O/c1-14-3-7-16(8-4-14)12-27-13-22-21(26-27)23-20(28)19-11-18(24-25-19)17-9-5-15(2)6-10-17/h3-11,13H,12H2,1-2H3,(H,24,25)(H,23,26,28). The Morgan fingerprint density at radius 3 is 2.43 bits per heavy atom. The predicted molar refractivity (Wildman–Crippen MR) is 107 cm³/mol. The minimum absolute atomic E-state index is 0.253. The van der Waals surface area contributed by atoms with E-state index in [1.165, 1.54) is 11.1 Å². The maximum absolute atomic E-state index is 12.4. The van der Waals surface area contributed by atoms with Crippen molar-refractivity contribution in [2.24, 2.45) is 0 Å². The lowest BCUT2D eigenvalue weighted by Gasteiger charge is -2.01. The third-order valence-corrected chi connectivity index (χ3v) is 4.40. The quantitative estimate of drug-likeness (QED) is 0.560. The molecule has 7 nitrogen and oxygen atoms in total. The molecule has 140 valence electrons. The molecule has 2 aromatic carbocycles. The molecule has 2 heterocycles. The lowest BCUT2D eigenvalue weighted by molar-refractivity contribution is 0.102. The number of aromatic nitrogens is 5. The smallest absolute Gasteiger partial charge is 0.276 e. The summed E-state index contributed by atoms with van der Waals surface area (Å²) in [7, 11) is 0. The van der Waals surface area contributed by atoms with Crippen molar-refractivity contribution in [2.75, 3.05) is 5.32 Å². The number of aromatic amines is 1. The van der Waals surface area contributed by atoms with Gasteiger partial charge in [-0.1, -0.05) is 59.7 Å². The van der Waals surface area contributed by atoms with Crippen LogP contribution in [0.3, 0.4) is 0 Å². The van der Waals surface area contributed by atoms with E-state index in [0.717, 1.165) is 11.1 Å². The van der Waals surface area contributed by atoms with Crippen LogP contribution in [0.2, 0.25) is 0 Å². The molecule has 0 saturated carbocycles. The molecule has 0 atom stereocenters. The topological polar surface area (TPSA) is 88.5 Å². The van der Waals surface area contributed by atoms with E-state index in [2.05, 4.69) is 37.7 Å². The first kappa shape index (κ1) is 17.7. The first-order valence-corrected chi connectivity index (χ1v) is 8.95. The minimum Gasteiger partial charge on any atom is -0.288 e. The lowest BCUT2D eigenvalue weighted by atomic mass is 10.1. The van der Waals surface area contributed by atoms with Crippen molar-refractivity contribution in [1.82, 2.24) is 25.0 Å². The van der Waals surface area contributed by atoms with Gasteiger partial charge in [0.2, 0.25) is 5.95 Å². The van der Waals surface area contributed by atoms with E-state index >= 15 is 0 Å². The van der Waals surface area contributed by atoms with E-state index in [-0.39, 0.29) is 11.9 Å². The molecule has 2 aromatic heterocycles. The lowest BCUT2D eigenvalue weighted by Crippen LogP contribution is -2.14. The first-order chi connectivity index (χ1) is 13.6. The summed E-state index contributed by atoms with van der Waals surface area (Å²) in [5.74, 6) is -0.0810. The van der Waals surface area contributed by atoms with Crippen molar-refractivity contribution in [3.63, 3.8) is 0 Å². The summed E-state index contributed by atoms with van der Waals surface area (Å²) in [6, 6.07) is 17.9. The van der Waals surface area contributed by atoms with Crippen LogP contribution in [0.15, 0.2) is 60.9 Å². The van der Waals surface area contributed by atoms with Gasteiger partial charge in [-0.2, -0.15) is 5.10 Å². The maximum atomic E-state index is 12.4. The third-order valence-electron chi connectivity index (χ3n) is 4.40. The van der Waals surface area contributed by atoms with Gasteiger partial charge in [0.15, 0.2) is 0 Å². The Bertz CT molecular complexity index is 1090. The second-order valence-electron chi connectivity index (χ2n) is 6.74. The van der Waals surface area contributed by atoms with Gasteiger partial charge < -0.3 is 0 Å². The molecule has 4 rings (SSSR count). The summed E-state index contributed by atoms with van der Waals surface area (Å²) in [5.41, 5.74) is 5.50. The van der Waals surface area contributed by atoms with Crippen LogP contribution in [0.4, 0.5) is 5.95 Å². The van der Waals surface area contributed by atoms with Crippen molar-refractivity contribution in [3.05, 3.63) is 83.3 Å². The van der Waals surface area contributed by atoms with E-state index in [0.29, 0.717) is 17.9 Å². The molecule has 0 fully saturated rings. The van der Waals surface area contributed by atoms with Gasteiger partial charge in [0, 0.05) is 5.56 Å². The molecule has 0 saturated heterocycles. The molecule has 0 unspecified atom stereocenters. The number of nitrogens with one attached hydrogen (secondary N) is 2. The zero-order valence-electron chi connectivity index (χ0n) is 15.7. The Morgan fingerprint density at radius 1 is 1.04 bits per heavy atom. The highest BCUT2D eigenvalue weighted by Gasteiger charge is 2.13. The van der Waals surface area contributed by atoms with Crippen LogP contribution in [0.1, 0.15) is 27.2 Å². The Hall–Kier alpha value is -3.74. The van der Waals surface area contributed by atoms with Gasteiger partial charge in [0.1, 0.15) is 12.0 Å². The highest BCUT2D eigenvalue weighted by Crippen LogP contribution is 2.18. The number of nitrogens with zero attached hydrogens (tertiary/aromatic N) is 4. The van der Waals surface area contributed by atoms with Crippen LogP contribution in [0.5, 0.6) is 0 Å². The SMILES string of the molecule is Cc1ccc(Cn2cnc(NC(=O)c3cc(-c4ccc(C)cc4)n[nH]3)n2)cc1. The fourth-order valence-electron chi connectivity index (χ4n) is 2.79. The highest BCUT2D eigenvalue weighted by atomic mass is 16.2. The van der Waals surface area contributed by atoms with E-state index in [1.807, 2.05) is 50.2 Å². The maximum Gasteiger partial charge on any atom is 0.276 e. The van der Waals surface area contributed by atoms with Crippen molar-refractivity contribution in [3.8, 4) is 11.3 Å². The Morgan fingerprint density at radius 2 is 1.71 bits per heavy atom. The molecule has 4 aromatic rings. The Balaban J connectivity index is 1.42. The van der Waals surface area contributed by atoms with E-state index < -0.39 is 0 Å². The number of hydrogen-bond donors (Lipinski definition) is 2. The second-order valence-corrected chi connectivity index (χ2v) is 6.74. The van der Waals surface area contributed by atoms with Crippen LogP contribution in [-0.4, -0.2) is 30.9 Å².